The predicted molar refractivity (Wildman–Crippen MR) is 94.6 cm³/mol. The molecule has 0 fully saturated rings. The van der Waals surface area contributed by atoms with Crippen LogP contribution in [0.15, 0.2) is 48.8 Å². The number of hydrogen-bond acceptors (Lipinski definition) is 3. The van der Waals surface area contributed by atoms with Gasteiger partial charge in [0.25, 0.3) is 0 Å². The van der Waals surface area contributed by atoms with Crippen molar-refractivity contribution in [3.05, 3.63) is 59.9 Å². The summed E-state index contributed by atoms with van der Waals surface area (Å²) < 4.78 is 0. The highest BCUT2D eigenvalue weighted by molar-refractivity contribution is 6.03. The summed E-state index contributed by atoms with van der Waals surface area (Å²) in [6, 6.07) is 11.5. The standard InChI is InChI=1S/C19H23N3O2/c1-3-15-4-6-17(7-5-15)21-18(23)14-19(24)22(2)13-10-16-8-11-20-12-9-16/h4-9,11-12H,3,10,13-14H2,1-2H3,(H,21,23). The quantitative estimate of drug-likeness (QED) is 0.796. The SMILES string of the molecule is CCc1ccc(NC(=O)CC(=O)N(C)CCc2ccncc2)cc1. The number of anilines is 1. The number of hydrogen-bond donors (Lipinski definition) is 1. The molecule has 0 atom stereocenters. The summed E-state index contributed by atoms with van der Waals surface area (Å²) in [5, 5.41) is 2.76. The fourth-order valence-electron chi connectivity index (χ4n) is 2.27. The molecule has 0 bridgehead atoms. The smallest absolute Gasteiger partial charge is 0.233 e. The lowest BCUT2D eigenvalue weighted by atomic mass is 10.1. The summed E-state index contributed by atoms with van der Waals surface area (Å²) in [5.41, 5.74) is 3.04. The van der Waals surface area contributed by atoms with Gasteiger partial charge in [0.05, 0.1) is 0 Å². The number of pyridine rings is 1. The van der Waals surface area contributed by atoms with Gasteiger partial charge in [-0.1, -0.05) is 19.1 Å². The molecule has 24 heavy (non-hydrogen) atoms. The van der Waals surface area contributed by atoms with E-state index in [9.17, 15) is 9.59 Å². The van der Waals surface area contributed by atoms with Crippen molar-refractivity contribution in [1.29, 1.82) is 0 Å². The monoisotopic (exact) mass is 325 g/mol. The van der Waals surface area contributed by atoms with Gasteiger partial charge in [-0.05, 0) is 48.2 Å². The number of likely N-dealkylation sites (N-methyl/N-ethyl adjacent to an activating group) is 1. The summed E-state index contributed by atoms with van der Waals surface area (Å²) >= 11 is 0. The van der Waals surface area contributed by atoms with Crippen molar-refractivity contribution in [2.24, 2.45) is 0 Å². The normalized spacial score (nSPS) is 10.2. The van der Waals surface area contributed by atoms with E-state index in [-0.39, 0.29) is 18.2 Å². The van der Waals surface area contributed by atoms with Crippen molar-refractivity contribution >= 4 is 17.5 Å². The van der Waals surface area contributed by atoms with E-state index in [0.717, 1.165) is 18.4 Å². The van der Waals surface area contributed by atoms with E-state index in [1.165, 1.54) is 5.56 Å². The first kappa shape index (κ1) is 17.7. The molecule has 0 saturated heterocycles. The van der Waals surface area contributed by atoms with Crippen molar-refractivity contribution in [3.8, 4) is 0 Å². The highest BCUT2D eigenvalue weighted by atomic mass is 16.2. The lowest BCUT2D eigenvalue weighted by Crippen LogP contribution is -2.32. The van der Waals surface area contributed by atoms with Crippen LogP contribution in [0.3, 0.4) is 0 Å². The van der Waals surface area contributed by atoms with Crippen LogP contribution in [0.4, 0.5) is 5.69 Å². The Kier molecular flexibility index (Phi) is 6.49. The number of nitrogens with zero attached hydrogens (tertiary/aromatic N) is 2. The number of nitrogens with one attached hydrogen (secondary N) is 1. The van der Waals surface area contributed by atoms with E-state index in [0.29, 0.717) is 12.2 Å². The Morgan fingerprint density at radius 3 is 2.33 bits per heavy atom. The van der Waals surface area contributed by atoms with Gasteiger partial charge in [0.1, 0.15) is 6.42 Å². The first-order valence-electron chi connectivity index (χ1n) is 8.10. The fourth-order valence-corrected chi connectivity index (χ4v) is 2.27. The van der Waals surface area contributed by atoms with Crippen molar-refractivity contribution in [1.82, 2.24) is 9.88 Å². The van der Waals surface area contributed by atoms with Crippen molar-refractivity contribution < 1.29 is 9.59 Å². The number of benzene rings is 1. The highest BCUT2D eigenvalue weighted by Crippen LogP contribution is 2.10. The molecule has 0 aliphatic rings. The summed E-state index contributed by atoms with van der Waals surface area (Å²) in [7, 11) is 1.72. The molecular weight excluding hydrogens is 302 g/mol. The second-order valence-corrected chi connectivity index (χ2v) is 5.70. The average Bonchev–Trinajstić information content (AvgIpc) is 2.61. The molecule has 1 aromatic carbocycles. The third-order valence-corrected chi connectivity index (χ3v) is 3.87. The Labute approximate surface area is 142 Å². The van der Waals surface area contributed by atoms with Crippen LogP contribution in [0.5, 0.6) is 0 Å². The number of amides is 2. The Bertz CT molecular complexity index is 669. The van der Waals surface area contributed by atoms with Crippen molar-refractivity contribution in [2.45, 2.75) is 26.2 Å². The van der Waals surface area contributed by atoms with Gasteiger partial charge in [-0.3, -0.25) is 14.6 Å². The van der Waals surface area contributed by atoms with Gasteiger partial charge >= 0.3 is 0 Å². The van der Waals surface area contributed by atoms with Gasteiger partial charge in [0, 0.05) is 31.7 Å². The van der Waals surface area contributed by atoms with Crippen LogP contribution >= 0.6 is 0 Å². The first-order chi connectivity index (χ1) is 11.6. The lowest BCUT2D eigenvalue weighted by molar-refractivity contribution is -0.133. The molecule has 0 saturated carbocycles. The molecule has 2 rings (SSSR count). The third kappa shape index (κ3) is 5.50. The molecular formula is C19H23N3O2. The van der Waals surface area contributed by atoms with Crippen LogP contribution in [0.25, 0.3) is 0 Å². The largest absolute Gasteiger partial charge is 0.345 e. The van der Waals surface area contributed by atoms with Gasteiger partial charge in [-0.15, -0.1) is 0 Å². The van der Waals surface area contributed by atoms with Crippen molar-refractivity contribution in [3.63, 3.8) is 0 Å². The molecule has 0 radical (unpaired) electrons. The molecule has 1 heterocycles. The molecule has 5 nitrogen and oxygen atoms in total. The van der Waals surface area contributed by atoms with E-state index >= 15 is 0 Å². The number of aromatic nitrogens is 1. The molecule has 1 aromatic heterocycles. The van der Waals surface area contributed by atoms with Crippen LogP contribution in [0.1, 0.15) is 24.5 Å². The molecule has 0 aliphatic carbocycles. The minimum Gasteiger partial charge on any atom is -0.345 e. The second kappa shape index (κ2) is 8.82. The molecule has 1 N–H and O–H groups in total. The van der Waals surface area contributed by atoms with E-state index in [1.807, 2.05) is 36.4 Å². The second-order valence-electron chi connectivity index (χ2n) is 5.70. The zero-order valence-corrected chi connectivity index (χ0v) is 14.2. The fraction of sp³-hybridized carbons (Fsp3) is 0.316. The molecule has 0 spiro atoms. The number of aryl methyl sites for hydroxylation is 1. The molecule has 126 valence electrons. The summed E-state index contributed by atoms with van der Waals surface area (Å²) in [6.07, 6.45) is 5.01. The zero-order chi connectivity index (χ0) is 17.4. The highest BCUT2D eigenvalue weighted by Gasteiger charge is 2.14. The van der Waals surface area contributed by atoms with Crippen LogP contribution in [0, 0.1) is 0 Å². The van der Waals surface area contributed by atoms with Crippen molar-refractivity contribution in [2.75, 3.05) is 18.9 Å². The Balaban J connectivity index is 1.78. The number of carbonyl (C=O) groups is 2. The number of rotatable bonds is 7. The van der Waals surface area contributed by atoms with Gasteiger partial charge in [-0.2, -0.15) is 0 Å². The molecule has 0 aliphatic heterocycles. The molecule has 2 aromatic rings. The zero-order valence-electron chi connectivity index (χ0n) is 14.2. The van der Waals surface area contributed by atoms with Crippen LogP contribution < -0.4 is 5.32 Å². The Morgan fingerprint density at radius 2 is 1.71 bits per heavy atom. The maximum atomic E-state index is 12.1. The van der Waals surface area contributed by atoms with Crippen LogP contribution in [0.2, 0.25) is 0 Å². The van der Waals surface area contributed by atoms with Gasteiger partial charge in [-0.25, -0.2) is 0 Å². The van der Waals surface area contributed by atoms with Crippen LogP contribution in [-0.4, -0.2) is 35.3 Å². The van der Waals surface area contributed by atoms with Gasteiger partial charge in [0.2, 0.25) is 11.8 Å². The summed E-state index contributed by atoms with van der Waals surface area (Å²) in [6.45, 7) is 2.65. The van der Waals surface area contributed by atoms with Crippen LogP contribution in [-0.2, 0) is 22.4 Å². The Morgan fingerprint density at radius 1 is 1.04 bits per heavy atom. The Hall–Kier alpha value is -2.69. The first-order valence-corrected chi connectivity index (χ1v) is 8.10. The summed E-state index contributed by atoms with van der Waals surface area (Å²) in [5.74, 6) is -0.480. The predicted octanol–water partition coefficient (Wildman–Crippen LogP) is 2.67. The maximum absolute atomic E-state index is 12.1. The van der Waals surface area contributed by atoms with E-state index < -0.39 is 0 Å². The molecule has 5 heteroatoms. The minimum absolute atomic E-state index is 0.150. The van der Waals surface area contributed by atoms with E-state index in [1.54, 1.807) is 24.3 Å². The average molecular weight is 325 g/mol. The minimum atomic E-state index is -0.292. The molecule has 2 amide bonds. The topological polar surface area (TPSA) is 62.3 Å². The molecule has 0 unspecified atom stereocenters. The maximum Gasteiger partial charge on any atom is 0.233 e. The van der Waals surface area contributed by atoms with Gasteiger partial charge in [0.15, 0.2) is 0 Å². The van der Waals surface area contributed by atoms with E-state index in [2.05, 4.69) is 17.2 Å². The number of carbonyl (C=O) groups excluding carboxylic acids is 2. The lowest BCUT2D eigenvalue weighted by Gasteiger charge is -2.17. The van der Waals surface area contributed by atoms with E-state index in [4.69, 9.17) is 0 Å². The third-order valence-electron chi connectivity index (χ3n) is 3.87. The summed E-state index contributed by atoms with van der Waals surface area (Å²) in [4.78, 5) is 29.7. The van der Waals surface area contributed by atoms with Gasteiger partial charge < -0.3 is 10.2 Å².